The Bertz CT molecular complexity index is 957. The maximum atomic E-state index is 13.6. The zero-order valence-corrected chi connectivity index (χ0v) is 26.3. The quantitative estimate of drug-likeness (QED) is 0.281. The van der Waals surface area contributed by atoms with Crippen molar-refractivity contribution in [1.29, 1.82) is 0 Å². The van der Waals surface area contributed by atoms with Crippen molar-refractivity contribution in [2.24, 2.45) is 11.8 Å². The Morgan fingerprint density at radius 2 is 1.14 bits per heavy atom. The van der Waals surface area contributed by atoms with Crippen molar-refractivity contribution in [3.05, 3.63) is 0 Å². The van der Waals surface area contributed by atoms with Crippen LogP contribution in [-0.2, 0) is 38.1 Å². The Kier molecular flexibility index (Phi) is 11.3. The molecule has 11 heteroatoms. The summed E-state index contributed by atoms with van der Waals surface area (Å²) in [7, 11) is 0. The molecular formula is C31H49NO10. The molecule has 2 amide bonds. The fourth-order valence-electron chi connectivity index (χ4n) is 5.71. The monoisotopic (exact) mass is 595 g/mol. The average Bonchev–Trinajstić information content (AvgIpc) is 3.58. The van der Waals surface area contributed by atoms with E-state index < -0.39 is 59.7 Å². The Hall–Kier alpha value is -2.85. The van der Waals surface area contributed by atoms with Crippen molar-refractivity contribution in [3.63, 3.8) is 0 Å². The molecule has 0 bridgehead atoms. The summed E-state index contributed by atoms with van der Waals surface area (Å²) in [5, 5.41) is 0. The number of esters is 3. The fourth-order valence-corrected chi connectivity index (χ4v) is 5.71. The zero-order valence-electron chi connectivity index (χ0n) is 26.3. The molecular weight excluding hydrogens is 546 g/mol. The van der Waals surface area contributed by atoms with Gasteiger partial charge < -0.3 is 23.7 Å². The molecule has 0 unspecified atom stereocenters. The van der Waals surface area contributed by atoms with Crippen LogP contribution in [0.15, 0.2) is 0 Å². The van der Waals surface area contributed by atoms with E-state index in [0.29, 0.717) is 4.90 Å². The minimum Gasteiger partial charge on any atom is -0.458 e. The average molecular weight is 596 g/mol. The molecule has 3 aliphatic rings. The van der Waals surface area contributed by atoms with E-state index in [2.05, 4.69) is 0 Å². The Balaban J connectivity index is 1.90. The van der Waals surface area contributed by atoms with Crippen LogP contribution in [0.1, 0.15) is 119 Å². The van der Waals surface area contributed by atoms with Crippen molar-refractivity contribution in [2.75, 3.05) is 0 Å². The highest BCUT2D eigenvalue weighted by Gasteiger charge is 2.45. The van der Waals surface area contributed by atoms with E-state index in [4.69, 9.17) is 23.7 Å². The predicted molar refractivity (Wildman–Crippen MR) is 151 cm³/mol. The molecule has 1 saturated heterocycles. The summed E-state index contributed by atoms with van der Waals surface area (Å²) in [6.45, 7) is 11.4. The summed E-state index contributed by atoms with van der Waals surface area (Å²) in [5.74, 6) is -2.09. The second-order valence-electron chi connectivity index (χ2n) is 13.8. The maximum Gasteiger partial charge on any atom is 0.420 e. The van der Waals surface area contributed by atoms with Gasteiger partial charge in [0.05, 0.1) is 11.8 Å². The number of amides is 2. The van der Waals surface area contributed by atoms with Crippen molar-refractivity contribution in [3.8, 4) is 0 Å². The molecule has 3 fully saturated rings. The normalized spacial score (nSPS) is 26.3. The molecule has 11 nitrogen and oxygen atoms in total. The van der Waals surface area contributed by atoms with E-state index in [1.165, 1.54) is 0 Å². The van der Waals surface area contributed by atoms with Gasteiger partial charge in [0.1, 0.15) is 29.5 Å². The third kappa shape index (κ3) is 9.59. The van der Waals surface area contributed by atoms with Gasteiger partial charge in [0.25, 0.3) is 0 Å². The summed E-state index contributed by atoms with van der Waals surface area (Å²) >= 11 is 0. The van der Waals surface area contributed by atoms with Crippen LogP contribution in [0.2, 0.25) is 0 Å². The van der Waals surface area contributed by atoms with E-state index in [-0.39, 0.29) is 37.1 Å². The number of nitrogens with zero attached hydrogens (tertiary/aromatic N) is 1. The number of hydrogen-bond donors (Lipinski definition) is 0. The summed E-state index contributed by atoms with van der Waals surface area (Å²) < 4.78 is 28.6. The van der Waals surface area contributed by atoms with E-state index in [9.17, 15) is 24.0 Å². The first-order valence-corrected chi connectivity index (χ1v) is 15.4. The summed E-state index contributed by atoms with van der Waals surface area (Å²) in [6.07, 6.45) is 2.17. The topological polar surface area (TPSA) is 135 Å². The lowest BCUT2D eigenvalue weighted by Gasteiger charge is -2.33. The lowest BCUT2D eigenvalue weighted by Crippen LogP contribution is -2.53. The smallest absolute Gasteiger partial charge is 0.420 e. The van der Waals surface area contributed by atoms with Gasteiger partial charge in [-0.15, -0.1) is 0 Å². The van der Waals surface area contributed by atoms with E-state index >= 15 is 0 Å². The van der Waals surface area contributed by atoms with Gasteiger partial charge in [-0.1, -0.05) is 25.7 Å². The third-order valence-corrected chi connectivity index (χ3v) is 7.76. The Labute approximate surface area is 249 Å². The van der Waals surface area contributed by atoms with Crippen molar-refractivity contribution in [2.45, 2.75) is 155 Å². The second-order valence-corrected chi connectivity index (χ2v) is 13.8. The lowest BCUT2D eigenvalue weighted by molar-refractivity contribution is -0.188. The Morgan fingerprint density at radius 1 is 0.690 bits per heavy atom. The molecule has 0 aromatic heterocycles. The third-order valence-electron chi connectivity index (χ3n) is 7.76. The first-order valence-electron chi connectivity index (χ1n) is 15.4. The molecule has 0 radical (unpaired) electrons. The summed E-state index contributed by atoms with van der Waals surface area (Å²) in [6, 6.07) is -1.37. The lowest BCUT2D eigenvalue weighted by atomic mass is 10.0. The number of imide groups is 1. The molecule has 42 heavy (non-hydrogen) atoms. The van der Waals surface area contributed by atoms with E-state index in [1.807, 2.05) is 0 Å². The van der Waals surface area contributed by atoms with Gasteiger partial charge in [0.15, 0.2) is 6.10 Å². The predicted octanol–water partition coefficient (Wildman–Crippen LogP) is 5.85. The molecule has 238 valence electrons. The van der Waals surface area contributed by atoms with Gasteiger partial charge in [-0.3, -0.25) is 9.59 Å². The van der Waals surface area contributed by atoms with Crippen LogP contribution < -0.4 is 0 Å². The van der Waals surface area contributed by atoms with Gasteiger partial charge >= 0.3 is 30.1 Å². The molecule has 0 aromatic carbocycles. The zero-order chi connectivity index (χ0) is 31.2. The van der Waals surface area contributed by atoms with Crippen molar-refractivity contribution in [1.82, 2.24) is 4.90 Å². The van der Waals surface area contributed by atoms with Crippen molar-refractivity contribution >= 4 is 30.1 Å². The van der Waals surface area contributed by atoms with Crippen LogP contribution >= 0.6 is 0 Å². The highest BCUT2D eigenvalue weighted by Crippen LogP contribution is 2.32. The first-order chi connectivity index (χ1) is 19.6. The van der Waals surface area contributed by atoms with Gasteiger partial charge in [0, 0.05) is 0 Å². The molecule has 0 aromatic rings. The van der Waals surface area contributed by atoms with Gasteiger partial charge in [-0.05, 0) is 93.4 Å². The van der Waals surface area contributed by atoms with Crippen LogP contribution in [0.5, 0.6) is 0 Å². The molecule has 3 rings (SSSR count). The number of carbonyl (C=O) groups is 5. The van der Waals surface area contributed by atoms with Crippen molar-refractivity contribution < 1.29 is 47.7 Å². The number of cyclic esters (lactones) is 1. The van der Waals surface area contributed by atoms with Gasteiger partial charge in [-0.25, -0.2) is 14.4 Å². The second kappa shape index (κ2) is 14.1. The first kappa shape index (κ1) is 33.6. The fraction of sp³-hybridized carbons (Fsp3) is 0.839. The molecule has 4 atom stereocenters. The number of carbonyl (C=O) groups excluding carboxylic acids is 5. The van der Waals surface area contributed by atoms with Gasteiger partial charge in [-0.2, -0.15) is 4.90 Å². The van der Waals surface area contributed by atoms with E-state index in [0.717, 1.165) is 51.4 Å². The van der Waals surface area contributed by atoms with Crippen LogP contribution in [0.3, 0.4) is 0 Å². The van der Waals surface area contributed by atoms with Crippen LogP contribution in [0, 0.1) is 11.8 Å². The summed E-state index contributed by atoms with van der Waals surface area (Å²) in [4.78, 5) is 67.0. The molecule has 1 aliphatic heterocycles. The SMILES string of the molecule is C[C@@H]1OC(=O)[C@@H](N(C(=O)OC(C)(C)C)C(=O)OC(C)(C)C)CCC[C@H](OC(=O)C2CCCC2)[C@H]1OC(=O)C1CCCC1. The molecule has 1 heterocycles. The standard InChI is InChI=1S/C31H49NO10/c1-19-24(40-26(34)21-15-10-11-16-21)23(39-25(33)20-13-8-9-14-20)18-12-17-22(27(35)38-19)32(28(36)41-30(2,3)4)29(37)42-31(5,6)7/h19-24H,8-18H2,1-7H3/t19-,22-,23-,24-/m0/s1. The van der Waals surface area contributed by atoms with Gasteiger partial charge in [0.2, 0.25) is 0 Å². The van der Waals surface area contributed by atoms with E-state index in [1.54, 1.807) is 48.5 Å². The highest BCUT2D eigenvalue weighted by atomic mass is 16.6. The highest BCUT2D eigenvalue weighted by molar-refractivity contribution is 5.94. The minimum absolute atomic E-state index is 0.00477. The van der Waals surface area contributed by atoms with Crippen LogP contribution in [0.25, 0.3) is 0 Å². The largest absolute Gasteiger partial charge is 0.458 e. The molecule has 0 N–H and O–H groups in total. The maximum absolute atomic E-state index is 13.6. The number of rotatable bonds is 5. The minimum atomic E-state index is -1.37. The van der Waals surface area contributed by atoms with Crippen LogP contribution in [-0.4, -0.2) is 70.6 Å². The summed E-state index contributed by atoms with van der Waals surface area (Å²) in [5.41, 5.74) is -1.90. The molecule has 2 aliphatic carbocycles. The number of hydrogen-bond acceptors (Lipinski definition) is 10. The molecule has 2 saturated carbocycles. The Morgan fingerprint density at radius 3 is 1.60 bits per heavy atom. The van der Waals surface area contributed by atoms with Crippen LogP contribution in [0.4, 0.5) is 9.59 Å². The molecule has 0 spiro atoms. The number of ether oxygens (including phenoxy) is 5.